The van der Waals surface area contributed by atoms with E-state index in [-0.39, 0.29) is 5.97 Å². The third-order valence-corrected chi connectivity index (χ3v) is 5.23. The predicted octanol–water partition coefficient (Wildman–Crippen LogP) is 6.40. The average molecular weight is 438 g/mol. The Labute approximate surface area is 194 Å². The molecule has 0 saturated heterocycles. The van der Waals surface area contributed by atoms with E-state index < -0.39 is 0 Å². The summed E-state index contributed by atoms with van der Waals surface area (Å²) in [7, 11) is 0. The number of carbonyl (C=O) groups is 1. The molecule has 1 heterocycles. The average Bonchev–Trinajstić information content (AvgIpc) is 3.18. The Bertz CT molecular complexity index is 1250. The van der Waals surface area contributed by atoms with Gasteiger partial charge in [0, 0.05) is 35.3 Å². The molecule has 0 N–H and O–H groups in total. The smallest absolute Gasteiger partial charge is 0.330 e. The van der Waals surface area contributed by atoms with Crippen LogP contribution in [0.4, 0.5) is 0 Å². The van der Waals surface area contributed by atoms with Gasteiger partial charge in [-0.3, -0.25) is 0 Å². The first-order valence-electron chi connectivity index (χ1n) is 11.1. The second-order valence-corrected chi connectivity index (χ2v) is 7.62. The predicted molar refractivity (Wildman–Crippen MR) is 133 cm³/mol. The van der Waals surface area contributed by atoms with Crippen molar-refractivity contribution in [2.24, 2.45) is 0 Å². The van der Waals surface area contributed by atoms with Gasteiger partial charge in [-0.1, -0.05) is 78.9 Å². The van der Waals surface area contributed by atoms with Crippen LogP contribution >= 0.6 is 0 Å². The van der Waals surface area contributed by atoms with Crippen LogP contribution in [0.25, 0.3) is 17.0 Å². The van der Waals surface area contributed by atoms with Crippen LogP contribution in [-0.4, -0.2) is 17.1 Å². The molecule has 4 rings (SSSR count). The number of rotatable bonds is 9. The van der Waals surface area contributed by atoms with Crippen molar-refractivity contribution in [1.29, 1.82) is 0 Å². The Balaban J connectivity index is 1.61. The summed E-state index contributed by atoms with van der Waals surface area (Å²) >= 11 is 0. The molecule has 33 heavy (non-hydrogen) atoms. The summed E-state index contributed by atoms with van der Waals surface area (Å²) in [5.41, 5.74) is 4.54. The van der Waals surface area contributed by atoms with Gasteiger partial charge in [-0.05, 0) is 36.2 Å². The van der Waals surface area contributed by atoms with E-state index in [1.165, 1.54) is 11.6 Å². The molecule has 0 fully saturated rings. The van der Waals surface area contributed by atoms with Crippen LogP contribution in [0.1, 0.15) is 23.6 Å². The van der Waals surface area contributed by atoms with E-state index in [1.807, 2.05) is 42.5 Å². The van der Waals surface area contributed by atoms with Crippen molar-refractivity contribution in [1.82, 2.24) is 4.57 Å². The molecular weight excluding hydrogens is 410 g/mol. The quantitative estimate of drug-likeness (QED) is 0.173. The molecule has 0 spiro atoms. The highest BCUT2D eigenvalue weighted by Gasteiger charge is 2.09. The van der Waals surface area contributed by atoms with Crippen molar-refractivity contribution >= 4 is 22.9 Å². The fourth-order valence-electron chi connectivity index (χ4n) is 3.66. The molecule has 1 aromatic heterocycles. The van der Waals surface area contributed by atoms with Gasteiger partial charge in [0.25, 0.3) is 0 Å². The highest BCUT2D eigenvalue weighted by atomic mass is 16.5. The van der Waals surface area contributed by atoms with E-state index in [4.69, 9.17) is 9.47 Å². The highest BCUT2D eigenvalue weighted by molar-refractivity contribution is 5.91. The van der Waals surface area contributed by atoms with Crippen LogP contribution < -0.4 is 4.74 Å². The SMILES string of the molecule is CCOC(=O)/C=C/C=C/c1cn(Cc2ccccc2)c2ccc(OCc3ccccc3)cc12. The molecule has 0 aliphatic carbocycles. The van der Waals surface area contributed by atoms with Crippen molar-refractivity contribution in [3.8, 4) is 5.75 Å². The molecule has 4 nitrogen and oxygen atoms in total. The van der Waals surface area contributed by atoms with Crippen LogP contribution in [0.15, 0.2) is 103 Å². The van der Waals surface area contributed by atoms with Crippen molar-refractivity contribution in [2.75, 3.05) is 6.61 Å². The minimum Gasteiger partial charge on any atom is -0.489 e. The molecule has 4 aromatic rings. The molecule has 0 bridgehead atoms. The number of allylic oxidation sites excluding steroid dienone is 2. The van der Waals surface area contributed by atoms with Crippen LogP contribution in [0, 0.1) is 0 Å². The Morgan fingerprint density at radius 1 is 0.909 bits per heavy atom. The summed E-state index contributed by atoms with van der Waals surface area (Å²) < 4.78 is 13.2. The molecule has 166 valence electrons. The number of nitrogens with zero attached hydrogens (tertiary/aromatic N) is 1. The summed E-state index contributed by atoms with van der Waals surface area (Å²) in [6.07, 6.45) is 9.12. The third kappa shape index (κ3) is 6.01. The van der Waals surface area contributed by atoms with E-state index in [9.17, 15) is 4.79 Å². The Hall–Kier alpha value is -4.05. The number of carbonyl (C=O) groups excluding carboxylic acids is 1. The molecule has 0 atom stereocenters. The van der Waals surface area contributed by atoms with Gasteiger partial charge in [-0.25, -0.2) is 4.79 Å². The summed E-state index contributed by atoms with van der Waals surface area (Å²) in [4.78, 5) is 11.5. The van der Waals surface area contributed by atoms with Crippen molar-refractivity contribution in [2.45, 2.75) is 20.1 Å². The van der Waals surface area contributed by atoms with Gasteiger partial charge >= 0.3 is 5.97 Å². The molecule has 3 aromatic carbocycles. The Kier molecular flexibility index (Phi) is 7.39. The second kappa shape index (κ2) is 11.0. The summed E-state index contributed by atoms with van der Waals surface area (Å²) in [5, 5.41) is 1.09. The standard InChI is InChI=1S/C29H27NO3/c1-2-32-29(31)16-10-9-15-25-21-30(20-23-11-5-3-6-12-23)28-18-17-26(19-27(25)28)33-22-24-13-7-4-8-14-24/h3-19,21H,2,20,22H2,1H3/b15-9+,16-10+. The van der Waals surface area contributed by atoms with Gasteiger partial charge in [-0.2, -0.15) is 0 Å². The van der Waals surface area contributed by atoms with Gasteiger partial charge < -0.3 is 14.0 Å². The summed E-state index contributed by atoms with van der Waals surface area (Å²) in [6.45, 7) is 3.45. The third-order valence-electron chi connectivity index (χ3n) is 5.23. The first-order chi connectivity index (χ1) is 16.2. The van der Waals surface area contributed by atoms with Crippen LogP contribution in [-0.2, 0) is 22.7 Å². The first-order valence-corrected chi connectivity index (χ1v) is 11.1. The van der Waals surface area contributed by atoms with Crippen LogP contribution in [0.2, 0.25) is 0 Å². The van der Waals surface area contributed by atoms with Crippen molar-refractivity contribution in [3.63, 3.8) is 0 Å². The molecule has 0 aliphatic heterocycles. The van der Waals surface area contributed by atoms with E-state index in [1.54, 1.807) is 13.0 Å². The number of aromatic nitrogens is 1. The summed E-state index contributed by atoms with van der Waals surface area (Å²) in [6, 6.07) is 26.7. The van der Waals surface area contributed by atoms with Crippen LogP contribution in [0.5, 0.6) is 5.75 Å². The second-order valence-electron chi connectivity index (χ2n) is 7.62. The lowest BCUT2D eigenvalue weighted by molar-refractivity contribution is -0.137. The molecule has 0 saturated carbocycles. The van der Waals surface area contributed by atoms with E-state index in [0.717, 1.165) is 34.3 Å². The van der Waals surface area contributed by atoms with Gasteiger partial charge in [0.05, 0.1) is 6.61 Å². The van der Waals surface area contributed by atoms with Gasteiger partial charge in [0.15, 0.2) is 0 Å². The maximum absolute atomic E-state index is 11.5. The van der Waals surface area contributed by atoms with E-state index in [2.05, 4.69) is 59.3 Å². The number of fused-ring (bicyclic) bond motifs is 1. The van der Waals surface area contributed by atoms with Gasteiger partial charge in [-0.15, -0.1) is 0 Å². The van der Waals surface area contributed by atoms with E-state index in [0.29, 0.717) is 13.2 Å². The monoisotopic (exact) mass is 437 g/mol. The highest BCUT2D eigenvalue weighted by Crippen LogP contribution is 2.28. The van der Waals surface area contributed by atoms with E-state index >= 15 is 0 Å². The minimum atomic E-state index is -0.342. The first kappa shape index (κ1) is 22.2. The lowest BCUT2D eigenvalue weighted by Crippen LogP contribution is -1.98. The maximum Gasteiger partial charge on any atom is 0.330 e. The molecule has 0 unspecified atom stereocenters. The number of hydrogen-bond donors (Lipinski definition) is 0. The van der Waals surface area contributed by atoms with Crippen molar-refractivity contribution < 1.29 is 14.3 Å². The summed E-state index contributed by atoms with van der Waals surface area (Å²) in [5.74, 6) is 0.478. The maximum atomic E-state index is 11.5. The largest absolute Gasteiger partial charge is 0.489 e. The lowest BCUT2D eigenvalue weighted by Gasteiger charge is -2.08. The molecule has 0 amide bonds. The molecule has 0 radical (unpaired) electrons. The molecular formula is C29H27NO3. The molecule has 0 aliphatic rings. The van der Waals surface area contributed by atoms with Gasteiger partial charge in [0.2, 0.25) is 0 Å². The zero-order chi connectivity index (χ0) is 22.9. The fraction of sp³-hybridized carbons (Fsp3) is 0.138. The number of esters is 1. The number of hydrogen-bond acceptors (Lipinski definition) is 3. The van der Waals surface area contributed by atoms with Gasteiger partial charge in [0.1, 0.15) is 12.4 Å². The van der Waals surface area contributed by atoms with Crippen molar-refractivity contribution in [3.05, 3.63) is 120 Å². The number of ether oxygens (including phenoxy) is 2. The number of benzene rings is 3. The minimum absolute atomic E-state index is 0.342. The zero-order valence-electron chi connectivity index (χ0n) is 18.7. The molecule has 4 heteroatoms. The topological polar surface area (TPSA) is 40.5 Å². The fourth-order valence-corrected chi connectivity index (χ4v) is 3.66. The van der Waals surface area contributed by atoms with Crippen LogP contribution in [0.3, 0.4) is 0 Å². The normalized spacial score (nSPS) is 11.4. The Morgan fingerprint density at radius 3 is 2.36 bits per heavy atom. The Morgan fingerprint density at radius 2 is 1.64 bits per heavy atom. The zero-order valence-corrected chi connectivity index (χ0v) is 18.7. The lowest BCUT2D eigenvalue weighted by atomic mass is 10.1.